The van der Waals surface area contributed by atoms with Crippen molar-refractivity contribution < 1.29 is 23.9 Å². The molecule has 1 heterocycles. The number of methoxy groups -OCH3 is 2. The van der Waals surface area contributed by atoms with Crippen LogP contribution in [-0.4, -0.2) is 73.9 Å². The predicted octanol–water partition coefficient (Wildman–Crippen LogP) is 2.50. The van der Waals surface area contributed by atoms with Gasteiger partial charge in [-0.05, 0) is 18.2 Å². The molecule has 1 aromatic heterocycles. The van der Waals surface area contributed by atoms with Crippen LogP contribution >= 0.6 is 23.1 Å². The first-order valence-corrected chi connectivity index (χ1v) is 11.8. The van der Waals surface area contributed by atoms with Gasteiger partial charge in [-0.25, -0.2) is 4.98 Å². The molecular weight excluding hydrogens is 452 g/mol. The Kier molecular flexibility index (Phi) is 11.2. The number of hydrogen-bond acceptors (Lipinski definition) is 8. The van der Waals surface area contributed by atoms with Gasteiger partial charge in [0.25, 0.3) is 0 Å². The average molecular weight is 481 g/mol. The van der Waals surface area contributed by atoms with E-state index in [0.29, 0.717) is 43.4 Å². The molecule has 0 atom stereocenters. The fraction of sp³-hybridized carbons (Fsp3) is 0.429. The number of rotatable bonds is 13. The lowest BCUT2D eigenvalue weighted by molar-refractivity contribution is -0.131. The number of thioether (sulfide) groups is 1. The van der Waals surface area contributed by atoms with Crippen LogP contribution in [0, 0.1) is 0 Å². The van der Waals surface area contributed by atoms with Gasteiger partial charge in [-0.1, -0.05) is 17.8 Å². The highest BCUT2D eigenvalue weighted by Crippen LogP contribution is 2.24. The van der Waals surface area contributed by atoms with Gasteiger partial charge in [-0.15, -0.1) is 11.3 Å². The molecule has 11 heteroatoms. The molecule has 1 aromatic carbocycles. The maximum Gasteiger partial charge on any atom is 0.234 e. The standard InChI is InChI=1S/C21H28N4O5S2/c1-15(26)22-16-5-4-6-17(11-16)23-19(27)14-32-21-24-18(13-31-21)12-20(28)25(7-9-29-2)8-10-30-3/h4-6,11,13H,7-10,12,14H2,1-3H3,(H,22,26)(H,23,27). The number of benzene rings is 1. The van der Waals surface area contributed by atoms with E-state index in [1.807, 2.05) is 5.38 Å². The normalized spacial score (nSPS) is 10.6. The van der Waals surface area contributed by atoms with E-state index in [0.717, 1.165) is 4.34 Å². The number of nitrogens with one attached hydrogen (secondary N) is 2. The van der Waals surface area contributed by atoms with Crippen molar-refractivity contribution >= 4 is 52.2 Å². The molecule has 0 aliphatic heterocycles. The van der Waals surface area contributed by atoms with Gasteiger partial charge in [0.2, 0.25) is 17.7 Å². The molecule has 2 rings (SSSR count). The zero-order chi connectivity index (χ0) is 23.3. The third kappa shape index (κ3) is 9.35. The monoisotopic (exact) mass is 480 g/mol. The van der Waals surface area contributed by atoms with E-state index >= 15 is 0 Å². The lowest BCUT2D eigenvalue weighted by Crippen LogP contribution is -2.37. The van der Waals surface area contributed by atoms with Crippen molar-refractivity contribution in [3.63, 3.8) is 0 Å². The molecule has 0 bridgehead atoms. The van der Waals surface area contributed by atoms with Gasteiger partial charge in [0, 0.05) is 51.0 Å². The van der Waals surface area contributed by atoms with Crippen LogP contribution in [0.3, 0.4) is 0 Å². The summed E-state index contributed by atoms with van der Waals surface area (Å²) >= 11 is 2.71. The number of anilines is 2. The Balaban J connectivity index is 1.84. The predicted molar refractivity (Wildman–Crippen MR) is 126 cm³/mol. The molecule has 0 unspecified atom stereocenters. The minimum atomic E-state index is -0.187. The Hall–Kier alpha value is -2.47. The van der Waals surface area contributed by atoms with Crippen molar-refractivity contribution in [1.82, 2.24) is 9.88 Å². The number of ether oxygens (including phenoxy) is 2. The lowest BCUT2D eigenvalue weighted by Gasteiger charge is -2.21. The summed E-state index contributed by atoms with van der Waals surface area (Å²) in [5.41, 5.74) is 1.88. The Morgan fingerprint density at radius 1 is 1.09 bits per heavy atom. The summed E-state index contributed by atoms with van der Waals surface area (Å²) in [5, 5.41) is 7.31. The van der Waals surface area contributed by atoms with Crippen LogP contribution < -0.4 is 10.6 Å². The molecule has 2 aromatic rings. The molecule has 0 fully saturated rings. The summed E-state index contributed by atoms with van der Waals surface area (Å²) in [6.45, 7) is 3.32. The zero-order valence-electron chi connectivity index (χ0n) is 18.4. The number of thiazole rings is 1. The third-order valence-electron chi connectivity index (χ3n) is 4.14. The highest BCUT2D eigenvalue weighted by atomic mass is 32.2. The van der Waals surface area contributed by atoms with Crippen LogP contribution in [0.15, 0.2) is 34.0 Å². The summed E-state index contributed by atoms with van der Waals surface area (Å²) in [5.74, 6) is -0.229. The molecular formula is C21H28N4O5S2. The molecule has 0 spiro atoms. The smallest absolute Gasteiger partial charge is 0.234 e. The molecule has 32 heavy (non-hydrogen) atoms. The molecule has 0 saturated heterocycles. The number of carbonyl (C=O) groups is 3. The van der Waals surface area contributed by atoms with Crippen LogP contribution in [0.25, 0.3) is 0 Å². The van der Waals surface area contributed by atoms with Crippen LogP contribution in [-0.2, 0) is 30.3 Å². The van der Waals surface area contributed by atoms with Gasteiger partial charge in [0.15, 0.2) is 4.34 Å². The molecule has 174 valence electrons. The first kappa shape index (κ1) is 25.8. The largest absolute Gasteiger partial charge is 0.383 e. The second kappa shape index (κ2) is 13.8. The van der Waals surface area contributed by atoms with Crippen LogP contribution in [0.2, 0.25) is 0 Å². The van der Waals surface area contributed by atoms with Crippen molar-refractivity contribution in [2.45, 2.75) is 17.7 Å². The third-order valence-corrected chi connectivity index (χ3v) is 6.21. The highest BCUT2D eigenvalue weighted by Gasteiger charge is 2.16. The van der Waals surface area contributed by atoms with Crippen molar-refractivity contribution in [2.24, 2.45) is 0 Å². The van der Waals surface area contributed by atoms with Gasteiger partial charge in [0.05, 0.1) is 31.1 Å². The molecule has 2 N–H and O–H groups in total. The Morgan fingerprint density at radius 3 is 2.38 bits per heavy atom. The molecule has 0 aliphatic rings. The summed E-state index contributed by atoms with van der Waals surface area (Å²) in [6.07, 6.45) is 0.187. The SMILES string of the molecule is COCCN(CCOC)C(=O)Cc1csc(SCC(=O)Nc2cccc(NC(C)=O)c2)n1. The van der Waals surface area contributed by atoms with Gasteiger partial charge in [-0.2, -0.15) is 0 Å². The van der Waals surface area contributed by atoms with E-state index in [2.05, 4.69) is 15.6 Å². The van der Waals surface area contributed by atoms with Gasteiger partial charge < -0.3 is 25.0 Å². The van der Waals surface area contributed by atoms with Gasteiger partial charge in [0.1, 0.15) is 0 Å². The molecule has 3 amide bonds. The number of carbonyl (C=O) groups excluding carboxylic acids is 3. The summed E-state index contributed by atoms with van der Waals surface area (Å²) in [6, 6.07) is 6.94. The Bertz CT molecular complexity index is 898. The quantitative estimate of drug-likeness (QED) is 0.424. The van der Waals surface area contributed by atoms with Crippen LogP contribution in [0.1, 0.15) is 12.6 Å². The minimum Gasteiger partial charge on any atom is -0.383 e. The van der Waals surface area contributed by atoms with Gasteiger partial charge in [-0.3, -0.25) is 14.4 Å². The van der Waals surface area contributed by atoms with Crippen molar-refractivity contribution in [2.75, 3.05) is 56.9 Å². The Labute approximate surface area is 195 Å². The van der Waals surface area contributed by atoms with E-state index in [4.69, 9.17) is 9.47 Å². The van der Waals surface area contributed by atoms with Crippen LogP contribution in [0.4, 0.5) is 11.4 Å². The lowest BCUT2D eigenvalue weighted by atomic mass is 10.2. The number of amides is 3. The Morgan fingerprint density at radius 2 is 1.75 bits per heavy atom. The average Bonchev–Trinajstić information content (AvgIpc) is 3.19. The van der Waals surface area contributed by atoms with E-state index in [-0.39, 0.29) is 29.9 Å². The second-order valence-corrected chi connectivity index (χ2v) is 8.83. The second-order valence-electron chi connectivity index (χ2n) is 6.75. The van der Waals surface area contributed by atoms with E-state index < -0.39 is 0 Å². The fourth-order valence-electron chi connectivity index (χ4n) is 2.67. The first-order chi connectivity index (χ1) is 15.4. The van der Waals surface area contributed by atoms with Crippen LogP contribution in [0.5, 0.6) is 0 Å². The van der Waals surface area contributed by atoms with E-state index in [9.17, 15) is 14.4 Å². The zero-order valence-corrected chi connectivity index (χ0v) is 20.0. The van der Waals surface area contributed by atoms with Gasteiger partial charge >= 0.3 is 0 Å². The molecule has 0 saturated carbocycles. The van der Waals surface area contributed by atoms with Crippen molar-refractivity contribution in [3.8, 4) is 0 Å². The van der Waals surface area contributed by atoms with E-state index in [1.54, 1.807) is 43.4 Å². The molecule has 0 aliphatic carbocycles. The molecule has 0 radical (unpaired) electrons. The maximum absolute atomic E-state index is 12.6. The highest BCUT2D eigenvalue weighted by molar-refractivity contribution is 8.01. The topological polar surface area (TPSA) is 110 Å². The van der Waals surface area contributed by atoms with Crippen molar-refractivity contribution in [3.05, 3.63) is 35.3 Å². The number of nitrogens with zero attached hydrogens (tertiary/aromatic N) is 2. The molecule has 9 nitrogen and oxygen atoms in total. The number of aromatic nitrogens is 1. The number of hydrogen-bond donors (Lipinski definition) is 2. The fourth-order valence-corrected chi connectivity index (χ4v) is 4.31. The summed E-state index contributed by atoms with van der Waals surface area (Å²) in [7, 11) is 3.19. The first-order valence-electron chi connectivity index (χ1n) is 9.91. The summed E-state index contributed by atoms with van der Waals surface area (Å²) in [4.78, 5) is 42.2. The van der Waals surface area contributed by atoms with E-state index in [1.165, 1.54) is 30.0 Å². The van der Waals surface area contributed by atoms with Crippen molar-refractivity contribution in [1.29, 1.82) is 0 Å². The minimum absolute atomic E-state index is 0.0438. The summed E-state index contributed by atoms with van der Waals surface area (Å²) < 4.78 is 10.9. The maximum atomic E-state index is 12.6.